The van der Waals surface area contributed by atoms with Crippen LogP contribution in [0.5, 0.6) is 0 Å². The molecule has 0 spiro atoms. The first kappa shape index (κ1) is 15.7. The number of carbonyl (C=O) groups is 1. The number of hydrogen-bond acceptors (Lipinski definition) is 4. The number of amides is 1. The van der Waals surface area contributed by atoms with Gasteiger partial charge in [-0.25, -0.2) is 8.42 Å². The highest BCUT2D eigenvalue weighted by atomic mass is 32.2. The predicted molar refractivity (Wildman–Crippen MR) is 76.9 cm³/mol. The molecule has 0 aliphatic heterocycles. The lowest BCUT2D eigenvalue weighted by molar-refractivity contribution is -0.116. The summed E-state index contributed by atoms with van der Waals surface area (Å²) in [7, 11) is -3.42. The van der Waals surface area contributed by atoms with E-state index in [2.05, 4.69) is 0 Å². The number of rotatable bonds is 6. The third-order valence-electron chi connectivity index (χ3n) is 2.70. The van der Waals surface area contributed by atoms with Gasteiger partial charge in [0.1, 0.15) is 5.75 Å². The van der Waals surface area contributed by atoms with Crippen LogP contribution in [0.25, 0.3) is 0 Å². The number of aryl methyl sites for hydroxylation is 1. The molecule has 1 aromatic rings. The quantitative estimate of drug-likeness (QED) is 0.834. The van der Waals surface area contributed by atoms with E-state index in [9.17, 15) is 13.2 Å². The summed E-state index contributed by atoms with van der Waals surface area (Å²) in [5.41, 5.74) is 6.97. The molecule has 0 saturated carbocycles. The zero-order chi connectivity index (χ0) is 14.5. The number of anilines is 1. The maximum atomic E-state index is 12.1. The van der Waals surface area contributed by atoms with E-state index >= 15 is 0 Å². The van der Waals surface area contributed by atoms with Crippen molar-refractivity contribution < 1.29 is 13.2 Å². The van der Waals surface area contributed by atoms with Crippen LogP contribution in [0.2, 0.25) is 0 Å². The first-order chi connectivity index (χ1) is 8.89. The highest BCUT2D eigenvalue weighted by molar-refractivity contribution is 7.92. The lowest BCUT2D eigenvalue weighted by Crippen LogP contribution is -2.37. The Morgan fingerprint density at radius 2 is 2.05 bits per heavy atom. The molecule has 0 atom stereocenters. The van der Waals surface area contributed by atoms with Gasteiger partial charge >= 0.3 is 0 Å². The predicted octanol–water partition coefficient (Wildman–Crippen LogP) is 0.721. The van der Waals surface area contributed by atoms with Crippen LogP contribution in [0.4, 0.5) is 5.69 Å². The van der Waals surface area contributed by atoms with Gasteiger partial charge in [-0.3, -0.25) is 4.79 Å². The van der Waals surface area contributed by atoms with Crippen LogP contribution in [-0.2, 0) is 14.6 Å². The summed E-state index contributed by atoms with van der Waals surface area (Å²) in [6.07, 6.45) is 0. The summed E-state index contributed by atoms with van der Waals surface area (Å²) >= 11 is 0. The average molecular weight is 284 g/mol. The number of benzene rings is 1. The minimum Gasteiger partial charge on any atom is -0.329 e. The summed E-state index contributed by atoms with van der Waals surface area (Å²) in [4.78, 5) is 13.6. The molecule has 1 rings (SSSR count). The van der Waals surface area contributed by atoms with Gasteiger partial charge in [-0.2, -0.15) is 0 Å². The van der Waals surface area contributed by atoms with Gasteiger partial charge in [0.05, 0.1) is 5.75 Å². The van der Waals surface area contributed by atoms with Crippen LogP contribution in [0.1, 0.15) is 12.5 Å². The van der Waals surface area contributed by atoms with Crippen molar-refractivity contribution >= 4 is 21.4 Å². The largest absolute Gasteiger partial charge is 0.329 e. The summed E-state index contributed by atoms with van der Waals surface area (Å²) < 4.78 is 23.3. The number of sulfone groups is 1. The third-order valence-corrected chi connectivity index (χ3v) is 4.25. The van der Waals surface area contributed by atoms with Gasteiger partial charge in [0.2, 0.25) is 5.91 Å². The second-order valence-electron chi connectivity index (χ2n) is 4.36. The molecule has 0 aromatic heterocycles. The van der Waals surface area contributed by atoms with E-state index < -0.39 is 21.5 Å². The van der Waals surface area contributed by atoms with E-state index in [1.54, 1.807) is 6.07 Å². The molecule has 19 heavy (non-hydrogen) atoms. The zero-order valence-corrected chi connectivity index (χ0v) is 12.1. The molecular weight excluding hydrogens is 264 g/mol. The van der Waals surface area contributed by atoms with Crippen LogP contribution in [0.3, 0.4) is 0 Å². The lowest BCUT2D eigenvalue weighted by Gasteiger charge is -2.21. The fraction of sp³-hybridized carbons (Fsp3) is 0.462. The number of hydrogen-bond donors (Lipinski definition) is 1. The molecule has 5 nitrogen and oxygen atoms in total. The molecule has 0 radical (unpaired) electrons. The minimum atomic E-state index is -3.42. The van der Waals surface area contributed by atoms with Gasteiger partial charge in [-0.05, 0) is 31.5 Å². The number of nitrogens with two attached hydrogens (primary N) is 1. The minimum absolute atomic E-state index is 0.0339. The Balaban J connectivity index is 2.89. The van der Waals surface area contributed by atoms with Gasteiger partial charge in [0.25, 0.3) is 0 Å². The molecule has 0 aliphatic carbocycles. The van der Waals surface area contributed by atoms with E-state index in [4.69, 9.17) is 5.73 Å². The monoisotopic (exact) mass is 284 g/mol. The van der Waals surface area contributed by atoms with Crippen molar-refractivity contribution in [3.05, 3.63) is 29.8 Å². The Morgan fingerprint density at radius 1 is 1.37 bits per heavy atom. The van der Waals surface area contributed by atoms with Crippen LogP contribution >= 0.6 is 0 Å². The van der Waals surface area contributed by atoms with E-state index in [0.29, 0.717) is 6.54 Å². The molecule has 1 aromatic carbocycles. The molecule has 0 heterocycles. The molecule has 106 valence electrons. The Morgan fingerprint density at radius 3 is 2.58 bits per heavy atom. The van der Waals surface area contributed by atoms with Gasteiger partial charge in [-0.15, -0.1) is 0 Å². The molecule has 6 heteroatoms. The molecule has 0 aliphatic rings. The molecule has 0 saturated heterocycles. The first-order valence-electron chi connectivity index (χ1n) is 6.17. The number of carbonyl (C=O) groups excluding carboxylic acids is 1. The fourth-order valence-electron chi connectivity index (χ4n) is 1.82. The third kappa shape index (κ3) is 4.65. The van der Waals surface area contributed by atoms with Crippen molar-refractivity contribution in [2.24, 2.45) is 5.73 Å². The first-order valence-corrected chi connectivity index (χ1v) is 7.99. The van der Waals surface area contributed by atoms with Crippen molar-refractivity contribution in [2.75, 3.05) is 29.5 Å². The van der Waals surface area contributed by atoms with Gasteiger partial charge in [-0.1, -0.05) is 12.1 Å². The normalized spacial score (nSPS) is 11.3. The van der Waals surface area contributed by atoms with Crippen molar-refractivity contribution in [3.8, 4) is 0 Å². The topological polar surface area (TPSA) is 80.5 Å². The average Bonchev–Trinajstić information content (AvgIpc) is 2.28. The summed E-state index contributed by atoms with van der Waals surface area (Å²) in [5, 5.41) is 0. The Bertz CT molecular complexity index is 541. The maximum Gasteiger partial charge on any atom is 0.242 e. The van der Waals surface area contributed by atoms with Crippen LogP contribution in [-0.4, -0.2) is 38.9 Å². The van der Waals surface area contributed by atoms with Crippen molar-refractivity contribution in [1.29, 1.82) is 0 Å². The summed E-state index contributed by atoms with van der Waals surface area (Å²) in [6, 6.07) is 7.42. The van der Waals surface area contributed by atoms with Crippen molar-refractivity contribution in [1.82, 2.24) is 0 Å². The second-order valence-corrected chi connectivity index (χ2v) is 6.54. The molecule has 1 amide bonds. The SMILES string of the molecule is CCN(C(=O)CS(=O)(=O)CCN)c1cccc(C)c1. The highest BCUT2D eigenvalue weighted by Gasteiger charge is 2.21. The van der Waals surface area contributed by atoms with Crippen molar-refractivity contribution in [2.45, 2.75) is 13.8 Å². The maximum absolute atomic E-state index is 12.1. The summed E-state index contributed by atoms with van der Waals surface area (Å²) in [5.74, 6) is -1.07. The fourth-order valence-corrected chi connectivity index (χ4v) is 2.85. The smallest absolute Gasteiger partial charge is 0.242 e. The highest BCUT2D eigenvalue weighted by Crippen LogP contribution is 2.16. The van der Waals surface area contributed by atoms with E-state index in [-0.39, 0.29) is 12.3 Å². The van der Waals surface area contributed by atoms with Gasteiger partial charge < -0.3 is 10.6 Å². The van der Waals surface area contributed by atoms with E-state index in [1.165, 1.54) is 4.90 Å². The molecule has 0 fully saturated rings. The number of nitrogens with zero attached hydrogens (tertiary/aromatic N) is 1. The second kappa shape index (κ2) is 6.68. The Hall–Kier alpha value is -1.40. The summed E-state index contributed by atoms with van der Waals surface area (Å²) in [6.45, 7) is 4.20. The molecule has 0 bridgehead atoms. The molecule has 2 N–H and O–H groups in total. The van der Waals surface area contributed by atoms with E-state index in [1.807, 2.05) is 32.0 Å². The standard InChI is InChI=1S/C13H20N2O3S/c1-3-15(12-6-4-5-11(2)9-12)13(16)10-19(17,18)8-7-14/h4-6,9H,3,7-8,10,14H2,1-2H3. The Kier molecular flexibility index (Phi) is 5.50. The lowest BCUT2D eigenvalue weighted by atomic mass is 10.2. The van der Waals surface area contributed by atoms with Gasteiger partial charge in [0.15, 0.2) is 9.84 Å². The van der Waals surface area contributed by atoms with Gasteiger partial charge in [0, 0.05) is 18.8 Å². The van der Waals surface area contributed by atoms with Crippen LogP contribution in [0, 0.1) is 6.92 Å². The van der Waals surface area contributed by atoms with Crippen molar-refractivity contribution in [3.63, 3.8) is 0 Å². The zero-order valence-electron chi connectivity index (χ0n) is 11.3. The molecule has 0 unspecified atom stereocenters. The van der Waals surface area contributed by atoms with E-state index in [0.717, 1.165) is 11.3 Å². The van der Waals surface area contributed by atoms with Crippen LogP contribution < -0.4 is 10.6 Å². The molecular formula is C13H20N2O3S. The van der Waals surface area contributed by atoms with Crippen LogP contribution in [0.15, 0.2) is 24.3 Å². The Labute approximate surface area is 114 Å².